The molecule has 0 saturated heterocycles. The van der Waals surface area contributed by atoms with Crippen LogP contribution in [-0.2, 0) is 5.41 Å². The van der Waals surface area contributed by atoms with Gasteiger partial charge in [0.2, 0.25) is 0 Å². The van der Waals surface area contributed by atoms with Crippen LogP contribution in [-0.4, -0.2) is 15.0 Å². The second-order valence-electron chi connectivity index (χ2n) is 15.9. The Labute approximate surface area is 309 Å². The van der Waals surface area contributed by atoms with Crippen molar-refractivity contribution in [1.29, 1.82) is 0 Å². The Morgan fingerprint density at radius 2 is 0.981 bits per heavy atom. The molecule has 0 unspecified atom stereocenters. The van der Waals surface area contributed by atoms with Crippen molar-refractivity contribution in [3.05, 3.63) is 151 Å². The summed E-state index contributed by atoms with van der Waals surface area (Å²) in [6, 6.07) is 51.4. The topological polar surface area (TPSA) is 51.8 Å². The molecular formula is C49H39N3O. The van der Waals surface area contributed by atoms with Gasteiger partial charge >= 0.3 is 0 Å². The number of para-hydroxylation sites is 1. The highest BCUT2D eigenvalue weighted by atomic mass is 16.3. The summed E-state index contributed by atoms with van der Waals surface area (Å²) in [7, 11) is 0. The van der Waals surface area contributed by atoms with Crippen molar-refractivity contribution < 1.29 is 4.42 Å². The molecule has 4 aliphatic rings. The average Bonchev–Trinajstić information content (AvgIpc) is 3.59. The third-order valence-corrected chi connectivity index (χ3v) is 12.5. The molecule has 4 saturated carbocycles. The highest BCUT2D eigenvalue weighted by Gasteiger charge is 2.51. The first-order chi connectivity index (χ1) is 26.1. The van der Waals surface area contributed by atoms with E-state index in [-0.39, 0.29) is 0 Å². The van der Waals surface area contributed by atoms with Gasteiger partial charge in [0.1, 0.15) is 11.2 Å². The highest BCUT2D eigenvalue weighted by molar-refractivity contribution is 6.10. The van der Waals surface area contributed by atoms with Gasteiger partial charge in [-0.3, -0.25) is 0 Å². The van der Waals surface area contributed by atoms with Gasteiger partial charge in [0.25, 0.3) is 0 Å². The molecule has 2 heterocycles. The molecule has 0 spiro atoms. The van der Waals surface area contributed by atoms with E-state index in [0.29, 0.717) is 22.9 Å². The standard InChI is InChI=1S/C49H39N3O/c1-3-9-34(10-4-1)37-13-7-14-38(26-37)47-50-46(36-11-5-2-6-12-36)51-48(52-47)39-19-22-44-43(27-39)42-16-8-15-41(45(42)53-44)35-17-20-40(21-18-35)49-28-31-23-32(29-49)25-33(24-31)30-49/h1-22,26-27,31-33H,23-25,28-30H2. The van der Waals surface area contributed by atoms with E-state index in [1.807, 2.05) is 36.4 Å². The smallest absolute Gasteiger partial charge is 0.164 e. The fourth-order valence-electron chi connectivity index (χ4n) is 10.5. The zero-order valence-electron chi connectivity index (χ0n) is 29.6. The van der Waals surface area contributed by atoms with E-state index >= 15 is 0 Å². The molecule has 6 aromatic carbocycles. The Balaban J connectivity index is 0.983. The van der Waals surface area contributed by atoms with Crippen molar-refractivity contribution in [1.82, 2.24) is 15.0 Å². The number of furan rings is 1. The first-order valence-electron chi connectivity index (χ1n) is 19.2. The minimum atomic E-state index is 0.398. The largest absolute Gasteiger partial charge is 0.455 e. The maximum atomic E-state index is 6.65. The van der Waals surface area contributed by atoms with Crippen LogP contribution in [0, 0.1) is 17.8 Å². The molecule has 2 aromatic heterocycles. The fourth-order valence-corrected chi connectivity index (χ4v) is 10.5. The van der Waals surface area contributed by atoms with Crippen LogP contribution < -0.4 is 0 Å². The molecule has 4 fully saturated rings. The highest BCUT2D eigenvalue weighted by Crippen LogP contribution is 2.60. The van der Waals surface area contributed by atoms with Crippen molar-refractivity contribution >= 4 is 21.9 Å². The van der Waals surface area contributed by atoms with E-state index < -0.39 is 0 Å². The summed E-state index contributed by atoms with van der Waals surface area (Å²) in [4.78, 5) is 15.1. The van der Waals surface area contributed by atoms with Gasteiger partial charge < -0.3 is 4.42 Å². The lowest BCUT2D eigenvalue weighted by Gasteiger charge is -2.57. The first kappa shape index (κ1) is 30.7. The molecule has 4 heteroatoms. The van der Waals surface area contributed by atoms with E-state index in [2.05, 4.69) is 109 Å². The number of benzene rings is 6. The van der Waals surface area contributed by atoms with E-state index in [0.717, 1.165) is 73.1 Å². The Kier molecular flexibility index (Phi) is 7.01. The van der Waals surface area contributed by atoms with Crippen LogP contribution in [0.15, 0.2) is 150 Å². The summed E-state index contributed by atoms with van der Waals surface area (Å²) in [6.45, 7) is 0. The van der Waals surface area contributed by atoms with Crippen molar-refractivity contribution in [2.45, 2.75) is 43.9 Å². The maximum Gasteiger partial charge on any atom is 0.164 e. The Hall–Kier alpha value is -5.87. The summed E-state index contributed by atoms with van der Waals surface area (Å²) in [6.07, 6.45) is 8.56. The Morgan fingerprint density at radius 1 is 0.434 bits per heavy atom. The Bertz CT molecular complexity index is 2610. The summed E-state index contributed by atoms with van der Waals surface area (Å²) >= 11 is 0. The van der Waals surface area contributed by atoms with Crippen molar-refractivity contribution in [2.75, 3.05) is 0 Å². The molecule has 0 atom stereocenters. The predicted octanol–water partition coefficient (Wildman–Crippen LogP) is 12.6. The van der Waals surface area contributed by atoms with Gasteiger partial charge in [-0.1, -0.05) is 121 Å². The lowest BCUT2D eigenvalue weighted by atomic mass is 9.48. The molecule has 4 nitrogen and oxygen atoms in total. The predicted molar refractivity (Wildman–Crippen MR) is 214 cm³/mol. The molecular weight excluding hydrogens is 647 g/mol. The fraction of sp³-hybridized carbons (Fsp3) is 0.204. The van der Waals surface area contributed by atoms with Crippen LogP contribution in [0.25, 0.3) is 78.4 Å². The van der Waals surface area contributed by atoms with Gasteiger partial charge in [0.05, 0.1) is 0 Å². The van der Waals surface area contributed by atoms with Gasteiger partial charge in [0, 0.05) is 33.0 Å². The van der Waals surface area contributed by atoms with E-state index in [4.69, 9.17) is 19.4 Å². The van der Waals surface area contributed by atoms with Crippen LogP contribution in [0.4, 0.5) is 0 Å². The van der Waals surface area contributed by atoms with Gasteiger partial charge in [-0.25, -0.2) is 15.0 Å². The molecule has 0 radical (unpaired) electrons. The van der Waals surface area contributed by atoms with Gasteiger partial charge in [-0.05, 0) is 108 Å². The molecule has 12 rings (SSSR count). The van der Waals surface area contributed by atoms with Crippen LogP contribution in [0.5, 0.6) is 0 Å². The van der Waals surface area contributed by atoms with Crippen LogP contribution in [0.3, 0.4) is 0 Å². The van der Waals surface area contributed by atoms with Gasteiger partial charge in [0.15, 0.2) is 17.5 Å². The van der Waals surface area contributed by atoms with Gasteiger partial charge in [-0.2, -0.15) is 0 Å². The number of aromatic nitrogens is 3. The average molecular weight is 686 g/mol. The lowest BCUT2D eigenvalue weighted by Crippen LogP contribution is -2.48. The minimum absolute atomic E-state index is 0.398. The zero-order valence-corrected chi connectivity index (χ0v) is 29.6. The zero-order chi connectivity index (χ0) is 34.9. The summed E-state index contributed by atoms with van der Waals surface area (Å²) in [5, 5.41) is 2.15. The van der Waals surface area contributed by atoms with Crippen molar-refractivity contribution in [3.63, 3.8) is 0 Å². The number of fused-ring (bicyclic) bond motifs is 3. The maximum absolute atomic E-state index is 6.65. The third-order valence-electron chi connectivity index (χ3n) is 12.5. The second-order valence-corrected chi connectivity index (χ2v) is 15.9. The normalized spacial score (nSPS) is 21.8. The number of nitrogens with zero attached hydrogens (tertiary/aromatic N) is 3. The van der Waals surface area contributed by atoms with E-state index in [1.54, 1.807) is 5.56 Å². The van der Waals surface area contributed by atoms with Crippen molar-refractivity contribution in [3.8, 4) is 56.4 Å². The summed E-state index contributed by atoms with van der Waals surface area (Å²) < 4.78 is 6.65. The minimum Gasteiger partial charge on any atom is -0.455 e. The van der Waals surface area contributed by atoms with E-state index in [9.17, 15) is 0 Å². The van der Waals surface area contributed by atoms with E-state index in [1.165, 1.54) is 44.1 Å². The van der Waals surface area contributed by atoms with Gasteiger partial charge in [-0.15, -0.1) is 0 Å². The summed E-state index contributed by atoms with van der Waals surface area (Å²) in [5.41, 5.74) is 11.2. The molecule has 8 aromatic rings. The quantitative estimate of drug-likeness (QED) is 0.175. The second kappa shape index (κ2) is 12.1. The lowest BCUT2D eigenvalue weighted by molar-refractivity contribution is -0.00518. The molecule has 0 N–H and O–H groups in total. The SMILES string of the molecule is c1ccc(-c2cccc(-c3nc(-c4ccccc4)nc(-c4ccc5oc6c(-c7ccc(C89CC%10CC(CC(C%10)C8)C9)cc7)cccc6c5c4)n3)c2)cc1. The molecule has 53 heavy (non-hydrogen) atoms. The molecule has 4 bridgehead atoms. The molecule has 0 amide bonds. The molecule has 4 aliphatic carbocycles. The van der Waals surface area contributed by atoms with Crippen molar-refractivity contribution in [2.24, 2.45) is 17.8 Å². The van der Waals surface area contributed by atoms with Crippen LogP contribution in [0.2, 0.25) is 0 Å². The number of hydrogen-bond donors (Lipinski definition) is 0. The third kappa shape index (κ3) is 5.31. The molecule has 256 valence electrons. The monoisotopic (exact) mass is 685 g/mol. The first-order valence-corrected chi connectivity index (χ1v) is 19.2. The van der Waals surface area contributed by atoms with Crippen LogP contribution >= 0.6 is 0 Å². The number of rotatable bonds is 6. The van der Waals surface area contributed by atoms with Crippen LogP contribution in [0.1, 0.15) is 44.1 Å². The molecule has 0 aliphatic heterocycles. The number of hydrogen-bond acceptors (Lipinski definition) is 4. The summed E-state index contributed by atoms with van der Waals surface area (Å²) in [5.74, 6) is 4.74. The Morgan fingerprint density at radius 3 is 1.66 bits per heavy atom.